The summed E-state index contributed by atoms with van der Waals surface area (Å²) >= 11 is 0. The first-order valence-corrected chi connectivity index (χ1v) is 31.6. The van der Waals surface area contributed by atoms with Crippen LogP contribution >= 0.6 is 30.4 Å². The molecular weight excluding hydrogens is 928 g/mol. The minimum absolute atomic E-state index is 0. The molecule has 9 rings (SSSR count). The summed E-state index contributed by atoms with van der Waals surface area (Å²) in [4.78, 5) is 0. The van der Waals surface area contributed by atoms with Crippen LogP contribution in [-0.4, -0.2) is 24.6 Å². The van der Waals surface area contributed by atoms with Gasteiger partial charge in [-0.15, -0.1) is 0 Å². The Bertz CT molecular complexity index is 2580. The highest BCUT2D eigenvalue weighted by molar-refractivity contribution is 7.90. The summed E-state index contributed by atoms with van der Waals surface area (Å²) in [6.45, 7) is 9.84. The van der Waals surface area contributed by atoms with Gasteiger partial charge in [-0.1, -0.05) is 194 Å². The van der Waals surface area contributed by atoms with Gasteiger partial charge in [0.25, 0.3) is 0 Å². The van der Waals surface area contributed by atoms with Gasteiger partial charge in [-0.3, -0.25) is 0 Å². The molecule has 69 heavy (non-hydrogen) atoms. The summed E-state index contributed by atoms with van der Waals surface area (Å²) < 4.78 is 0. The Morgan fingerprint density at radius 1 is 0.275 bits per heavy atom. The Morgan fingerprint density at radius 2 is 0.464 bits per heavy atom. The normalized spacial score (nSPS) is 11.7. The Balaban J connectivity index is 0.00000642. The fraction of sp³-hybridized carbons (Fsp3) is 0.156. The molecule has 346 valence electrons. The number of benzene rings is 9. The summed E-state index contributed by atoms with van der Waals surface area (Å²) in [5.74, 6) is 0. The smallest absolute Gasteiger partial charge is 0.0995 e. The van der Waals surface area contributed by atoms with E-state index in [0.29, 0.717) is 0 Å². The van der Waals surface area contributed by atoms with Crippen molar-refractivity contribution in [2.75, 3.05) is 24.6 Å². The second kappa shape index (κ2) is 23.7. The topological polar surface area (TPSA) is 0 Å². The van der Waals surface area contributed by atoms with Crippen molar-refractivity contribution in [1.29, 1.82) is 0 Å². The number of hydrogen-bond acceptors (Lipinski definition) is 0. The van der Waals surface area contributed by atoms with E-state index in [9.17, 15) is 0 Å². The first kappa shape index (κ1) is 50.4. The fourth-order valence-corrected chi connectivity index (χ4v) is 26.2. The second-order valence-corrected chi connectivity index (χ2v) is 30.3. The van der Waals surface area contributed by atoms with Crippen LogP contribution in [0, 0.1) is 27.7 Å². The molecule has 0 unspecified atom stereocenters. The zero-order valence-corrected chi connectivity index (χ0v) is 44.8. The minimum atomic E-state index is -2.02. The highest BCUT2D eigenvalue weighted by Crippen LogP contribution is 2.64. The Hall–Kier alpha value is -5.01. The molecule has 0 saturated carbocycles. The van der Waals surface area contributed by atoms with Crippen LogP contribution in [0.4, 0.5) is 0 Å². The molecule has 0 N–H and O–H groups in total. The highest BCUT2D eigenvalue weighted by atomic mass is 35.5. The Labute approximate surface area is 423 Å². The SMILES string of the molecule is Cc1c(C)c(C[P+](CCP(c2ccccc2)c2ccccc2)(c2ccccc2)c2ccccc2)c(C)c(C)c1C[P+](CCP(c1ccccc1)c1ccccc1)(c1ccccc1)c1ccccc1.[Cl-]. The lowest BCUT2D eigenvalue weighted by atomic mass is 9.90. The zero-order chi connectivity index (χ0) is 46.8. The molecule has 0 aliphatic carbocycles. The molecule has 0 atom stereocenters. The fourth-order valence-electron chi connectivity index (χ4n) is 10.5. The molecule has 0 bridgehead atoms. The van der Waals surface area contributed by atoms with Crippen molar-refractivity contribution in [3.05, 3.63) is 276 Å². The van der Waals surface area contributed by atoms with Gasteiger partial charge in [0.2, 0.25) is 0 Å². The lowest BCUT2D eigenvalue weighted by molar-refractivity contribution is -0.0000133. The van der Waals surface area contributed by atoms with Crippen molar-refractivity contribution in [2.45, 2.75) is 40.0 Å². The molecule has 0 spiro atoms. The highest BCUT2D eigenvalue weighted by Gasteiger charge is 2.47. The van der Waals surface area contributed by atoms with E-state index in [1.807, 2.05) is 0 Å². The zero-order valence-electron chi connectivity index (χ0n) is 40.5. The van der Waals surface area contributed by atoms with Crippen molar-refractivity contribution in [1.82, 2.24) is 0 Å². The summed E-state index contributed by atoms with van der Waals surface area (Å²) in [7, 11) is -5.17. The standard InChI is InChI=1S/C64H64P4.ClH/c1-51-52(2)64(50-68(61-41-25-11-26-42-61,62-43-27-12-28-44-62)48-46-66(57-33-17-7-18-34-57)58-35-19-8-20-36-58)54(4)53(3)63(51)49-67(59-37-21-9-22-38-59,60-39-23-10-24-40-60)47-45-65(55-29-13-5-14-30-55)56-31-15-6-16-32-56;/h5-44H,45-50H2,1-4H3;1H/q+2;/p-1. The maximum atomic E-state index is 2.46. The van der Waals surface area contributed by atoms with Crippen LogP contribution in [0.25, 0.3) is 0 Å². The van der Waals surface area contributed by atoms with E-state index < -0.39 is 30.4 Å². The predicted molar refractivity (Wildman–Crippen MR) is 309 cm³/mol. The van der Waals surface area contributed by atoms with Gasteiger partial charge in [0.1, 0.15) is 0 Å². The quantitative estimate of drug-likeness (QED) is 0.0752. The summed E-state index contributed by atoms with van der Waals surface area (Å²) in [5.41, 5.74) is 9.00. The maximum Gasteiger partial charge on any atom is 0.0995 e. The molecule has 0 amide bonds. The molecule has 0 aromatic heterocycles. The third-order valence-corrected chi connectivity index (χ3v) is 29.0. The molecule has 0 radical (unpaired) electrons. The van der Waals surface area contributed by atoms with Gasteiger partial charge >= 0.3 is 0 Å². The average Bonchev–Trinajstić information content (AvgIpc) is 3.42. The van der Waals surface area contributed by atoms with Gasteiger partial charge in [-0.2, -0.15) is 0 Å². The van der Waals surface area contributed by atoms with Gasteiger partial charge in [0.15, 0.2) is 0 Å². The van der Waals surface area contributed by atoms with Crippen molar-refractivity contribution in [3.63, 3.8) is 0 Å². The van der Waals surface area contributed by atoms with Crippen molar-refractivity contribution in [2.24, 2.45) is 0 Å². The minimum Gasteiger partial charge on any atom is -1.00 e. The number of rotatable bonds is 18. The van der Waals surface area contributed by atoms with Crippen LogP contribution in [0.3, 0.4) is 0 Å². The Morgan fingerprint density at radius 3 is 0.667 bits per heavy atom. The monoisotopic (exact) mass is 991 g/mol. The summed E-state index contributed by atoms with van der Waals surface area (Å²) in [6, 6.07) is 91.9. The van der Waals surface area contributed by atoms with Crippen LogP contribution < -0.4 is 54.8 Å². The Kier molecular flexibility index (Phi) is 17.3. The molecule has 9 aromatic carbocycles. The van der Waals surface area contributed by atoms with Crippen molar-refractivity contribution < 1.29 is 12.4 Å². The molecule has 0 aliphatic heterocycles. The van der Waals surface area contributed by atoms with Gasteiger partial charge in [-0.25, -0.2) is 0 Å². The van der Waals surface area contributed by atoms with E-state index in [1.54, 1.807) is 11.1 Å². The third kappa shape index (κ3) is 11.1. The lowest BCUT2D eigenvalue weighted by Gasteiger charge is -2.33. The first-order chi connectivity index (χ1) is 33.4. The number of hydrogen-bond donors (Lipinski definition) is 0. The van der Waals surface area contributed by atoms with Crippen LogP contribution in [0.5, 0.6) is 0 Å². The van der Waals surface area contributed by atoms with Crippen LogP contribution in [-0.2, 0) is 12.3 Å². The average molecular weight is 993 g/mol. The molecule has 5 heteroatoms. The molecule has 9 aromatic rings. The van der Waals surface area contributed by atoms with Crippen molar-refractivity contribution >= 4 is 72.8 Å². The second-order valence-electron chi connectivity index (χ2n) is 18.1. The first-order valence-electron chi connectivity index (χ1n) is 24.2. The van der Waals surface area contributed by atoms with Gasteiger partial charge in [0, 0.05) is 12.3 Å². The van der Waals surface area contributed by atoms with E-state index in [4.69, 9.17) is 0 Å². The molecule has 0 aliphatic rings. The lowest BCUT2D eigenvalue weighted by Crippen LogP contribution is -3.00. The summed E-state index contributed by atoms with van der Waals surface area (Å²) in [6.07, 6.45) is 6.62. The maximum absolute atomic E-state index is 2.46. The molecular formula is C64H64ClP4+. The largest absolute Gasteiger partial charge is 1.00 e. The van der Waals surface area contributed by atoms with E-state index in [2.05, 4.69) is 270 Å². The van der Waals surface area contributed by atoms with Crippen LogP contribution in [0.1, 0.15) is 33.4 Å². The van der Waals surface area contributed by atoms with E-state index >= 15 is 0 Å². The van der Waals surface area contributed by atoms with Crippen molar-refractivity contribution in [3.8, 4) is 0 Å². The van der Waals surface area contributed by atoms with E-state index in [1.165, 1.54) is 64.7 Å². The molecule has 0 fully saturated rings. The molecule has 0 heterocycles. The summed E-state index contributed by atoms with van der Waals surface area (Å²) in [5, 5.41) is 11.9. The molecule has 0 nitrogen and oxygen atoms in total. The van der Waals surface area contributed by atoms with Gasteiger partial charge < -0.3 is 12.4 Å². The van der Waals surface area contributed by atoms with Crippen LogP contribution in [0.15, 0.2) is 243 Å². The van der Waals surface area contributed by atoms with Gasteiger partial charge in [-0.05, 0) is 147 Å². The molecule has 0 saturated heterocycles. The number of halogens is 1. The van der Waals surface area contributed by atoms with Crippen LogP contribution in [0.2, 0.25) is 0 Å². The van der Waals surface area contributed by atoms with E-state index in [-0.39, 0.29) is 12.4 Å². The van der Waals surface area contributed by atoms with E-state index in [0.717, 1.165) is 37.0 Å². The third-order valence-electron chi connectivity index (χ3n) is 14.5. The van der Waals surface area contributed by atoms with Gasteiger partial charge in [0.05, 0.1) is 60.4 Å². The predicted octanol–water partition coefficient (Wildman–Crippen LogP) is 10.5.